The summed E-state index contributed by atoms with van der Waals surface area (Å²) in [6.45, 7) is 9.16. The molecule has 4 amide bonds. The summed E-state index contributed by atoms with van der Waals surface area (Å²) in [7, 11) is 2.66. The molecule has 0 spiro atoms. The molecule has 70 heavy (non-hydrogen) atoms. The smallest absolute Gasteiger partial charge is 0.407 e. The zero-order chi connectivity index (χ0) is 49.7. The van der Waals surface area contributed by atoms with E-state index in [1.54, 1.807) is 19.6 Å². The highest BCUT2D eigenvalue weighted by molar-refractivity contribution is 5.87. The Morgan fingerprint density at radius 1 is 0.714 bits per heavy atom. The molecular weight excluding hydrogens is 906 g/mol. The highest BCUT2D eigenvalue weighted by atomic mass is 19.2. The van der Waals surface area contributed by atoms with Crippen LogP contribution in [0.25, 0.3) is 22.1 Å². The summed E-state index contributed by atoms with van der Waals surface area (Å²) in [5, 5.41) is 12.5. The number of aromatic nitrogens is 4. The quantitative estimate of drug-likeness (QED) is 0.0880. The van der Waals surface area contributed by atoms with Crippen molar-refractivity contribution in [2.24, 2.45) is 11.8 Å². The summed E-state index contributed by atoms with van der Waals surface area (Å²) in [5.74, 6) is -2.99. The molecule has 4 N–H and O–H groups in total. The fourth-order valence-electron chi connectivity index (χ4n) is 11.5. The Bertz CT molecular complexity index is 2790. The Balaban J connectivity index is 1.06. The molecule has 0 unspecified atom stereocenters. The number of halogens is 3. The molecule has 3 aromatic carbocycles. The molecule has 2 aromatic heterocycles. The number of amides is 4. The van der Waals surface area contributed by atoms with E-state index in [4.69, 9.17) is 14.7 Å². The zero-order valence-corrected chi connectivity index (χ0v) is 40.6. The number of hydrogen-bond acceptors (Lipinski definition) is 9. The van der Waals surface area contributed by atoms with Gasteiger partial charge in [-0.15, -0.1) is 0 Å². The minimum absolute atomic E-state index is 0.189. The second-order valence-corrected chi connectivity index (χ2v) is 20.0. The van der Waals surface area contributed by atoms with Crippen molar-refractivity contribution >= 4 is 57.4 Å². The molecule has 374 valence electrons. The van der Waals surface area contributed by atoms with Crippen LogP contribution in [0, 0.1) is 29.3 Å². The van der Waals surface area contributed by atoms with E-state index in [1.807, 2.05) is 64.1 Å². The molecule has 5 aromatic rings. The lowest BCUT2D eigenvalue weighted by Crippen LogP contribution is -2.51. The van der Waals surface area contributed by atoms with Crippen LogP contribution < -0.4 is 15.1 Å². The van der Waals surface area contributed by atoms with Gasteiger partial charge in [-0.1, -0.05) is 39.8 Å². The van der Waals surface area contributed by atoms with Gasteiger partial charge in [0.1, 0.15) is 29.4 Å². The highest BCUT2D eigenvalue weighted by Crippen LogP contribution is 2.50. The lowest BCUT2D eigenvalue weighted by atomic mass is 10.0. The van der Waals surface area contributed by atoms with Crippen molar-refractivity contribution in [2.45, 2.75) is 122 Å². The lowest BCUT2D eigenvalue weighted by Gasteiger charge is -2.35. The second-order valence-electron chi connectivity index (χ2n) is 20.0. The molecule has 19 heteroatoms. The third-order valence-corrected chi connectivity index (χ3v) is 15.0. The molecular formula is C51H63F3N10O6. The maximum Gasteiger partial charge on any atom is 0.407 e. The van der Waals surface area contributed by atoms with E-state index < -0.39 is 59.8 Å². The molecule has 0 radical (unpaired) electrons. The minimum Gasteiger partial charge on any atom is -0.465 e. The molecule has 0 bridgehead atoms. The molecule has 6 atom stereocenters. The van der Waals surface area contributed by atoms with Gasteiger partial charge in [0.25, 0.3) is 0 Å². The lowest BCUT2D eigenvalue weighted by molar-refractivity contribution is -0.138. The average molecular weight is 969 g/mol. The van der Waals surface area contributed by atoms with E-state index in [1.165, 1.54) is 14.2 Å². The van der Waals surface area contributed by atoms with Crippen molar-refractivity contribution in [3.05, 3.63) is 82.7 Å². The Kier molecular flexibility index (Phi) is 13.6. The topological polar surface area (TPSA) is 183 Å². The number of carbonyl (C=O) groups excluding carboxylic acids is 3. The van der Waals surface area contributed by atoms with Crippen LogP contribution in [0.2, 0.25) is 0 Å². The van der Waals surface area contributed by atoms with Crippen molar-refractivity contribution < 1.29 is 42.2 Å². The number of nitrogens with zero attached hydrogens (tertiary/aromatic N) is 7. The predicted octanol–water partition coefficient (Wildman–Crippen LogP) is 9.27. The molecule has 6 heterocycles. The number of likely N-dealkylation sites (tertiary alicyclic amines) is 2. The van der Waals surface area contributed by atoms with Crippen LogP contribution in [0.1, 0.15) is 132 Å². The number of piperidine rings is 1. The largest absolute Gasteiger partial charge is 0.465 e. The van der Waals surface area contributed by atoms with Gasteiger partial charge >= 0.3 is 12.2 Å². The second kappa shape index (κ2) is 19.7. The van der Waals surface area contributed by atoms with E-state index >= 15 is 13.2 Å². The molecule has 9 rings (SSSR count). The molecule has 4 fully saturated rings. The highest BCUT2D eigenvalue weighted by Gasteiger charge is 2.43. The third kappa shape index (κ3) is 8.95. The van der Waals surface area contributed by atoms with Crippen LogP contribution in [0.3, 0.4) is 0 Å². The summed E-state index contributed by atoms with van der Waals surface area (Å²) >= 11 is 0. The average Bonchev–Trinajstić information content (AvgIpc) is 4.20. The van der Waals surface area contributed by atoms with Crippen LogP contribution >= 0.6 is 0 Å². The van der Waals surface area contributed by atoms with E-state index in [0.717, 1.165) is 47.8 Å². The van der Waals surface area contributed by atoms with Gasteiger partial charge in [-0.2, -0.15) is 0 Å². The SMILES string of the molecule is COC(=O)N[C@H](C(=O)N1CCC[C@H]1c1nc2ccc([C@H]3CC[C@H](c4ccc5nc([C@@H]6CCCN6C(=O)[C@H](C(C)C)N(C)C(=O)O)[nH]c5c4)N3c3cc(F)c(N4CCCCC4)c(F)c3F)cc2[nH]1)C(C)C. The van der Waals surface area contributed by atoms with Crippen LogP contribution in [0.15, 0.2) is 42.5 Å². The van der Waals surface area contributed by atoms with Crippen molar-refractivity contribution in [1.29, 1.82) is 0 Å². The summed E-state index contributed by atoms with van der Waals surface area (Å²) in [4.78, 5) is 76.6. The normalized spacial score (nSPS) is 21.6. The molecule has 0 aliphatic carbocycles. The molecule has 0 saturated carbocycles. The Labute approximate surface area is 404 Å². The van der Waals surface area contributed by atoms with Gasteiger partial charge in [-0.3, -0.25) is 14.5 Å². The first kappa shape index (κ1) is 48.5. The van der Waals surface area contributed by atoms with Gasteiger partial charge < -0.3 is 44.7 Å². The summed E-state index contributed by atoms with van der Waals surface area (Å²) < 4.78 is 54.6. The monoisotopic (exact) mass is 968 g/mol. The number of imidazole rings is 2. The van der Waals surface area contributed by atoms with Gasteiger partial charge in [0.2, 0.25) is 11.8 Å². The first-order valence-electron chi connectivity index (χ1n) is 24.7. The van der Waals surface area contributed by atoms with Crippen LogP contribution in [0.4, 0.5) is 34.1 Å². The molecule has 4 saturated heterocycles. The Morgan fingerprint density at radius 3 is 1.76 bits per heavy atom. The van der Waals surface area contributed by atoms with Crippen molar-refractivity contribution in [1.82, 2.24) is 40.0 Å². The van der Waals surface area contributed by atoms with Crippen molar-refractivity contribution in [3.63, 3.8) is 0 Å². The van der Waals surface area contributed by atoms with Crippen LogP contribution in [-0.2, 0) is 14.3 Å². The van der Waals surface area contributed by atoms with Crippen molar-refractivity contribution in [3.8, 4) is 0 Å². The Hall–Kier alpha value is -6.53. The van der Waals surface area contributed by atoms with E-state index in [-0.39, 0.29) is 41.1 Å². The number of carboxylic acid groups (broad SMARTS) is 1. The number of anilines is 2. The maximum atomic E-state index is 16.9. The van der Waals surface area contributed by atoms with Gasteiger partial charge in [-0.25, -0.2) is 32.7 Å². The summed E-state index contributed by atoms with van der Waals surface area (Å²) in [6, 6.07) is 9.02. The van der Waals surface area contributed by atoms with Crippen molar-refractivity contribution in [2.75, 3.05) is 50.1 Å². The fraction of sp³-hybridized carbons (Fsp3) is 0.529. The molecule has 4 aliphatic heterocycles. The van der Waals surface area contributed by atoms with Gasteiger partial charge in [0, 0.05) is 39.3 Å². The summed E-state index contributed by atoms with van der Waals surface area (Å²) in [6.07, 6.45) is 4.34. The number of benzene rings is 3. The van der Waals surface area contributed by atoms with E-state index in [0.29, 0.717) is 92.0 Å². The van der Waals surface area contributed by atoms with Gasteiger partial charge in [0.05, 0.1) is 59.0 Å². The predicted molar refractivity (Wildman–Crippen MR) is 258 cm³/mol. The van der Waals surface area contributed by atoms with Gasteiger partial charge in [-0.05, 0) is 105 Å². The third-order valence-electron chi connectivity index (χ3n) is 15.0. The number of nitrogens with one attached hydrogen (secondary N) is 3. The number of rotatable bonds is 12. The standard InChI is InChI=1S/C51H63F3N10O6/c1-27(2)43(59-50(67)70-6)48(65)62-22-10-12-38(62)46-55-32-16-14-29(24-34(32)57-46)36-18-19-37(64(36)40-26-31(52)45(42(54)41(40)53)61-20-8-7-9-21-61)30-15-17-33-35(25-30)58-47(56-33)39-13-11-23-63(39)49(66)44(28(3)4)60(5)51(68)69/h14-17,24-28,36-39,43-44H,7-13,18-23H2,1-6H3,(H,55,57)(H,56,58)(H,59,67)(H,68,69)/t36-,37-,38+,39+,43+,44+/m1/s1. The van der Waals surface area contributed by atoms with Gasteiger partial charge in [0.15, 0.2) is 17.5 Å². The number of alkyl carbamates (subject to hydrolysis) is 1. The number of fused-ring (bicyclic) bond motifs is 2. The van der Waals surface area contributed by atoms with E-state index in [2.05, 4.69) is 15.3 Å². The first-order chi connectivity index (χ1) is 33.6. The summed E-state index contributed by atoms with van der Waals surface area (Å²) in [5.41, 5.74) is 3.65. The molecule has 16 nitrogen and oxygen atoms in total. The first-order valence-corrected chi connectivity index (χ1v) is 24.7. The number of likely N-dealkylation sites (N-methyl/N-ethyl adjacent to an activating group) is 1. The number of carbonyl (C=O) groups is 4. The zero-order valence-electron chi connectivity index (χ0n) is 40.6. The number of H-pyrrole nitrogens is 2. The number of hydrogen-bond donors (Lipinski definition) is 4. The minimum atomic E-state index is -1.22. The number of ether oxygens (including phenoxy) is 1. The number of methoxy groups -OCH3 is 1. The Morgan fingerprint density at radius 2 is 1.26 bits per heavy atom. The molecule has 4 aliphatic rings. The van der Waals surface area contributed by atoms with Crippen LogP contribution in [-0.4, -0.2) is 116 Å². The van der Waals surface area contributed by atoms with Crippen LogP contribution in [0.5, 0.6) is 0 Å². The van der Waals surface area contributed by atoms with E-state index in [9.17, 15) is 24.3 Å². The fourth-order valence-corrected chi connectivity index (χ4v) is 11.5. The maximum absolute atomic E-state index is 16.9. The number of aromatic amines is 2.